The summed E-state index contributed by atoms with van der Waals surface area (Å²) in [5.74, 6) is 1.38. The molecule has 0 saturated carbocycles. The van der Waals surface area contributed by atoms with Crippen molar-refractivity contribution in [2.24, 2.45) is 17.6 Å². The maximum Gasteiger partial charge on any atom is 0.222 e. The zero-order valence-electron chi connectivity index (χ0n) is 12.6. The molecule has 1 saturated heterocycles. The van der Waals surface area contributed by atoms with E-state index in [1.807, 2.05) is 17.0 Å². The van der Waals surface area contributed by atoms with Crippen molar-refractivity contribution in [2.45, 2.75) is 33.1 Å². The summed E-state index contributed by atoms with van der Waals surface area (Å²) >= 11 is 0. The normalized spacial score (nSPS) is 22.9. The van der Waals surface area contributed by atoms with Gasteiger partial charge in [-0.2, -0.15) is 0 Å². The minimum Gasteiger partial charge on any atom is -0.342 e. The van der Waals surface area contributed by atoms with Crippen molar-refractivity contribution in [2.75, 3.05) is 19.6 Å². The summed E-state index contributed by atoms with van der Waals surface area (Å²) in [4.78, 5) is 14.3. The minimum absolute atomic E-state index is 0.276. The van der Waals surface area contributed by atoms with Crippen molar-refractivity contribution in [3.63, 3.8) is 0 Å². The van der Waals surface area contributed by atoms with Crippen LogP contribution in [0, 0.1) is 18.8 Å². The summed E-state index contributed by atoms with van der Waals surface area (Å²) in [6.07, 6.45) is 2.53. The molecule has 1 fully saturated rings. The minimum atomic E-state index is 0.276. The Morgan fingerprint density at radius 1 is 1.40 bits per heavy atom. The number of nitrogens with two attached hydrogens (primary N) is 1. The van der Waals surface area contributed by atoms with Crippen molar-refractivity contribution < 1.29 is 4.79 Å². The van der Waals surface area contributed by atoms with Gasteiger partial charge in [-0.15, -0.1) is 0 Å². The van der Waals surface area contributed by atoms with E-state index in [-0.39, 0.29) is 5.91 Å². The van der Waals surface area contributed by atoms with E-state index in [9.17, 15) is 4.79 Å². The van der Waals surface area contributed by atoms with Gasteiger partial charge in [-0.25, -0.2) is 0 Å². The molecular formula is C17H26N2O. The lowest BCUT2D eigenvalue weighted by Crippen LogP contribution is -2.45. The number of hydrogen-bond donors (Lipinski definition) is 1. The molecule has 2 unspecified atom stereocenters. The van der Waals surface area contributed by atoms with Gasteiger partial charge in [0.1, 0.15) is 0 Å². The van der Waals surface area contributed by atoms with E-state index in [4.69, 9.17) is 5.73 Å². The molecule has 0 aromatic heterocycles. The zero-order valence-corrected chi connectivity index (χ0v) is 12.6. The highest BCUT2D eigenvalue weighted by molar-refractivity contribution is 5.76. The molecule has 20 heavy (non-hydrogen) atoms. The highest BCUT2D eigenvalue weighted by Crippen LogP contribution is 2.23. The Labute approximate surface area is 122 Å². The van der Waals surface area contributed by atoms with E-state index in [1.54, 1.807) is 0 Å². The molecule has 1 aromatic rings. The molecular weight excluding hydrogens is 248 g/mol. The van der Waals surface area contributed by atoms with Gasteiger partial charge in [0.05, 0.1) is 0 Å². The lowest BCUT2D eigenvalue weighted by atomic mass is 9.87. The summed E-state index contributed by atoms with van der Waals surface area (Å²) in [7, 11) is 0. The standard InChI is InChI=1S/C17H26N2O/c1-13-5-3-4-6-15(13)7-8-17(20)19-10-9-14(2)16(11-18)12-19/h3-6,14,16H,7-12,18H2,1-2H3. The van der Waals surface area contributed by atoms with Crippen LogP contribution in [0.3, 0.4) is 0 Å². The van der Waals surface area contributed by atoms with Gasteiger partial charge in [0, 0.05) is 19.5 Å². The first-order valence-electron chi connectivity index (χ1n) is 7.64. The molecule has 110 valence electrons. The SMILES string of the molecule is Cc1ccccc1CCC(=O)N1CCC(C)C(CN)C1. The highest BCUT2D eigenvalue weighted by Gasteiger charge is 2.27. The molecule has 1 aliphatic heterocycles. The predicted octanol–water partition coefficient (Wildman–Crippen LogP) is 2.37. The summed E-state index contributed by atoms with van der Waals surface area (Å²) in [6.45, 7) is 6.76. The third kappa shape index (κ3) is 3.60. The number of piperidine rings is 1. The number of hydrogen-bond acceptors (Lipinski definition) is 2. The average Bonchev–Trinajstić information content (AvgIpc) is 2.46. The number of carbonyl (C=O) groups is 1. The van der Waals surface area contributed by atoms with Gasteiger partial charge in [-0.3, -0.25) is 4.79 Å². The maximum atomic E-state index is 12.3. The molecule has 2 atom stereocenters. The van der Waals surface area contributed by atoms with Gasteiger partial charge in [-0.1, -0.05) is 31.2 Å². The van der Waals surface area contributed by atoms with Crippen LogP contribution in [0.5, 0.6) is 0 Å². The van der Waals surface area contributed by atoms with Crippen molar-refractivity contribution in [3.8, 4) is 0 Å². The van der Waals surface area contributed by atoms with Crippen molar-refractivity contribution in [1.29, 1.82) is 0 Å². The van der Waals surface area contributed by atoms with Crippen LogP contribution >= 0.6 is 0 Å². The van der Waals surface area contributed by atoms with Gasteiger partial charge >= 0.3 is 0 Å². The Morgan fingerprint density at radius 2 is 2.15 bits per heavy atom. The third-order valence-electron chi connectivity index (χ3n) is 4.64. The molecule has 1 heterocycles. The Bertz CT molecular complexity index is 458. The summed E-state index contributed by atoms with van der Waals surface area (Å²) in [5, 5.41) is 0. The number of likely N-dealkylation sites (tertiary alicyclic amines) is 1. The van der Waals surface area contributed by atoms with Crippen molar-refractivity contribution in [1.82, 2.24) is 4.90 Å². The number of aryl methyl sites for hydroxylation is 2. The molecule has 0 spiro atoms. The fourth-order valence-electron chi connectivity index (χ4n) is 2.97. The topological polar surface area (TPSA) is 46.3 Å². The molecule has 3 nitrogen and oxygen atoms in total. The van der Waals surface area contributed by atoms with Crippen LogP contribution in [0.1, 0.15) is 30.9 Å². The van der Waals surface area contributed by atoms with Gasteiger partial charge in [0.15, 0.2) is 0 Å². The van der Waals surface area contributed by atoms with Crippen LogP contribution in [0.2, 0.25) is 0 Å². The fraction of sp³-hybridized carbons (Fsp3) is 0.588. The monoisotopic (exact) mass is 274 g/mol. The second kappa shape index (κ2) is 6.89. The van der Waals surface area contributed by atoms with Gasteiger partial charge in [0.2, 0.25) is 5.91 Å². The number of nitrogens with zero attached hydrogens (tertiary/aromatic N) is 1. The van der Waals surface area contributed by atoms with Crippen LogP contribution in [-0.2, 0) is 11.2 Å². The first kappa shape index (κ1) is 15.0. The van der Waals surface area contributed by atoms with Gasteiger partial charge < -0.3 is 10.6 Å². The fourth-order valence-corrected chi connectivity index (χ4v) is 2.97. The molecule has 3 heteroatoms. The third-order valence-corrected chi connectivity index (χ3v) is 4.64. The molecule has 0 radical (unpaired) electrons. The van der Waals surface area contributed by atoms with E-state index in [0.29, 0.717) is 24.8 Å². The number of amides is 1. The van der Waals surface area contributed by atoms with E-state index in [0.717, 1.165) is 25.9 Å². The van der Waals surface area contributed by atoms with Crippen molar-refractivity contribution in [3.05, 3.63) is 35.4 Å². The average molecular weight is 274 g/mol. The van der Waals surface area contributed by atoms with Crippen LogP contribution in [0.15, 0.2) is 24.3 Å². The van der Waals surface area contributed by atoms with Crippen LogP contribution in [-0.4, -0.2) is 30.4 Å². The summed E-state index contributed by atoms with van der Waals surface area (Å²) in [6, 6.07) is 8.30. The van der Waals surface area contributed by atoms with Crippen LogP contribution < -0.4 is 5.73 Å². The molecule has 1 aromatic carbocycles. The molecule has 2 N–H and O–H groups in total. The summed E-state index contributed by atoms with van der Waals surface area (Å²) in [5.41, 5.74) is 8.35. The van der Waals surface area contributed by atoms with Crippen LogP contribution in [0.25, 0.3) is 0 Å². The van der Waals surface area contributed by atoms with E-state index < -0.39 is 0 Å². The highest BCUT2D eigenvalue weighted by atomic mass is 16.2. The Morgan fingerprint density at radius 3 is 2.85 bits per heavy atom. The number of carbonyl (C=O) groups excluding carboxylic acids is 1. The largest absolute Gasteiger partial charge is 0.342 e. The van der Waals surface area contributed by atoms with E-state index in [1.165, 1.54) is 11.1 Å². The molecule has 2 rings (SSSR count). The van der Waals surface area contributed by atoms with Gasteiger partial charge in [-0.05, 0) is 49.3 Å². The van der Waals surface area contributed by atoms with E-state index in [2.05, 4.69) is 26.0 Å². The Kier molecular flexibility index (Phi) is 5.18. The second-order valence-corrected chi connectivity index (χ2v) is 6.03. The quantitative estimate of drug-likeness (QED) is 0.916. The van der Waals surface area contributed by atoms with E-state index >= 15 is 0 Å². The van der Waals surface area contributed by atoms with Crippen LogP contribution in [0.4, 0.5) is 0 Å². The molecule has 1 aliphatic rings. The van der Waals surface area contributed by atoms with Crippen molar-refractivity contribution >= 4 is 5.91 Å². The lowest BCUT2D eigenvalue weighted by Gasteiger charge is -2.36. The predicted molar refractivity (Wildman–Crippen MR) is 82.4 cm³/mol. The first-order valence-corrected chi connectivity index (χ1v) is 7.64. The molecule has 0 bridgehead atoms. The molecule has 1 amide bonds. The smallest absolute Gasteiger partial charge is 0.222 e. The number of benzene rings is 1. The second-order valence-electron chi connectivity index (χ2n) is 6.03. The maximum absolute atomic E-state index is 12.3. The Balaban J connectivity index is 1.88. The summed E-state index contributed by atoms with van der Waals surface area (Å²) < 4.78 is 0. The Hall–Kier alpha value is -1.35. The first-order chi connectivity index (χ1) is 9.61. The lowest BCUT2D eigenvalue weighted by molar-refractivity contribution is -0.133. The van der Waals surface area contributed by atoms with Gasteiger partial charge in [0.25, 0.3) is 0 Å². The zero-order chi connectivity index (χ0) is 14.5. The molecule has 0 aliphatic carbocycles. The number of rotatable bonds is 4.